The van der Waals surface area contributed by atoms with Crippen molar-refractivity contribution in [3.63, 3.8) is 0 Å². The Morgan fingerprint density at radius 1 is 1.30 bits per heavy atom. The molecule has 0 bridgehead atoms. The summed E-state index contributed by atoms with van der Waals surface area (Å²) in [7, 11) is 3.22. The first-order chi connectivity index (χ1) is 9.69. The molecule has 0 saturated carbocycles. The van der Waals surface area contributed by atoms with Gasteiger partial charge in [-0.1, -0.05) is 6.92 Å². The van der Waals surface area contributed by atoms with E-state index in [2.05, 4.69) is 12.2 Å². The highest BCUT2D eigenvalue weighted by molar-refractivity contribution is 5.72. The molecule has 3 N–H and O–H groups in total. The Bertz CT molecular complexity index is 451. The molecule has 2 unspecified atom stereocenters. The van der Waals surface area contributed by atoms with Gasteiger partial charge in [0.05, 0.1) is 31.7 Å². The van der Waals surface area contributed by atoms with Crippen molar-refractivity contribution < 1.29 is 14.2 Å². The van der Waals surface area contributed by atoms with E-state index in [4.69, 9.17) is 19.9 Å². The van der Waals surface area contributed by atoms with E-state index < -0.39 is 0 Å². The van der Waals surface area contributed by atoms with Crippen molar-refractivity contribution in [2.75, 3.05) is 38.4 Å². The van der Waals surface area contributed by atoms with Gasteiger partial charge >= 0.3 is 0 Å². The third-order valence-electron chi connectivity index (χ3n) is 3.86. The SMILES string of the molecule is CCC1OCCC1CNc1cc(OC)c(OC)cc1N. The Balaban J connectivity index is 2.05. The van der Waals surface area contributed by atoms with E-state index in [1.54, 1.807) is 20.3 Å². The Morgan fingerprint density at radius 2 is 2.00 bits per heavy atom. The molecular weight excluding hydrogens is 256 g/mol. The summed E-state index contributed by atoms with van der Waals surface area (Å²) in [6, 6.07) is 3.66. The number of hydrogen-bond acceptors (Lipinski definition) is 5. The van der Waals surface area contributed by atoms with Crippen LogP contribution in [0.15, 0.2) is 12.1 Å². The summed E-state index contributed by atoms with van der Waals surface area (Å²) >= 11 is 0. The van der Waals surface area contributed by atoms with Crippen LogP contribution in [0.2, 0.25) is 0 Å². The lowest BCUT2D eigenvalue weighted by atomic mass is 9.99. The first-order valence-electron chi connectivity index (χ1n) is 7.06. The van der Waals surface area contributed by atoms with Crippen LogP contribution in [0.4, 0.5) is 11.4 Å². The van der Waals surface area contributed by atoms with E-state index in [0.717, 1.165) is 31.7 Å². The van der Waals surface area contributed by atoms with Crippen LogP contribution in [0.1, 0.15) is 19.8 Å². The summed E-state index contributed by atoms with van der Waals surface area (Å²) in [6.07, 6.45) is 2.50. The number of methoxy groups -OCH3 is 2. The van der Waals surface area contributed by atoms with Gasteiger partial charge in [-0.2, -0.15) is 0 Å². The molecule has 1 aliphatic heterocycles. The highest BCUT2D eigenvalue weighted by Gasteiger charge is 2.26. The predicted molar refractivity (Wildman–Crippen MR) is 80.6 cm³/mol. The van der Waals surface area contributed by atoms with Crippen LogP contribution in [0.5, 0.6) is 11.5 Å². The molecule has 20 heavy (non-hydrogen) atoms. The molecule has 0 radical (unpaired) electrons. The molecule has 5 nitrogen and oxygen atoms in total. The van der Waals surface area contributed by atoms with E-state index in [0.29, 0.717) is 29.2 Å². The number of ether oxygens (including phenoxy) is 3. The van der Waals surface area contributed by atoms with Gasteiger partial charge in [0, 0.05) is 31.2 Å². The fourth-order valence-corrected chi connectivity index (χ4v) is 2.67. The van der Waals surface area contributed by atoms with Crippen LogP contribution >= 0.6 is 0 Å². The molecule has 5 heteroatoms. The van der Waals surface area contributed by atoms with Gasteiger partial charge in [0.15, 0.2) is 11.5 Å². The molecule has 1 aliphatic rings. The maximum atomic E-state index is 6.04. The molecule has 112 valence electrons. The minimum atomic E-state index is 0.351. The number of hydrogen-bond donors (Lipinski definition) is 2. The Labute approximate surface area is 120 Å². The number of anilines is 2. The van der Waals surface area contributed by atoms with E-state index in [9.17, 15) is 0 Å². The fraction of sp³-hybridized carbons (Fsp3) is 0.600. The second kappa shape index (κ2) is 6.70. The van der Waals surface area contributed by atoms with Gasteiger partial charge in [0.25, 0.3) is 0 Å². The Morgan fingerprint density at radius 3 is 2.65 bits per heavy atom. The van der Waals surface area contributed by atoms with Crippen LogP contribution in [0.25, 0.3) is 0 Å². The molecule has 0 spiro atoms. The average molecular weight is 280 g/mol. The molecule has 1 saturated heterocycles. The predicted octanol–water partition coefficient (Wildman–Crippen LogP) is 2.51. The zero-order valence-electron chi connectivity index (χ0n) is 12.4. The minimum absolute atomic E-state index is 0.351. The zero-order chi connectivity index (χ0) is 14.5. The summed E-state index contributed by atoms with van der Waals surface area (Å²) in [5.74, 6) is 1.86. The van der Waals surface area contributed by atoms with Crippen molar-refractivity contribution in [1.29, 1.82) is 0 Å². The molecule has 1 aromatic carbocycles. The lowest BCUT2D eigenvalue weighted by Gasteiger charge is -2.19. The van der Waals surface area contributed by atoms with Gasteiger partial charge in [-0.05, 0) is 12.8 Å². The van der Waals surface area contributed by atoms with E-state index in [-0.39, 0.29) is 0 Å². The lowest BCUT2D eigenvalue weighted by molar-refractivity contribution is 0.0900. The molecular formula is C15H24N2O3. The second-order valence-electron chi connectivity index (χ2n) is 5.04. The average Bonchev–Trinajstić information content (AvgIpc) is 2.93. The molecule has 1 aromatic rings. The van der Waals surface area contributed by atoms with E-state index in [1.807, 2.05) is 6.07 Å². The normalized spacial score (nSPS) is 21.8. The van der Waals surface area contributed by atoms with Gasteiger partial charge in [-0.3, -0.25) is 0 Å². The molecule has 2 rings (SSSR count). The Hall–Kier alpha value is -1.62. The van der Waals surface area contributed by atoms with Crippen molar-refractivity contribution in [3.8, 4) is 11.5 Å². The second-order valence-corrected chi connectivity index (χ2v) is 5.04. The maximum Gasteiger partial charge on any atom is 0.162 e. The van der Waals surface area contributed by atoms with Gasteiger partial charge in [0.1, 0.15) is 0 Å². The summed E-state index contributed by atoms with van der Waals surface area (Å²) < 4.78 is 16.2. The highest BCUT2D eigenvalue weighted by Crippen LogP contribution is 2.35. The van der Waals surface area contributed by atoms with Crippen LogP contribution in [0.3, 0.4) is 0 Å². The molecule has 1 heterocycles. The van der Waals surface area contributed by atoms with E-state index >= 15 is 0 Å². The summed E-state index contributed by atoms with van der Waals surface area (Å²) in [5.41, 5.74) is 7.58. The van der Waals surface area contributed by atoms with Crippen LogP contribution in [-0.2, 0) is 4.74 Å². The van der Waals surface area contributed by atoms with Crippen LogP contribution in [0, 0.1) is 5.92 Å². The molecule has 0 aromatic heterocycles. The van der Waals surface area contributed by atoms with Crippen molar-refractivity contribution in [2.24, 2.45) is 5.92 Å². The summed E-state index contributed by atoms with van der Waals surface area (Å²) in [5, 5.41) is 3.40. The molecule has 0 aliphatic carbocycles. The summed E-state index contributed by atoms with van der Waals surface area (Å²) in [6.45, 7) is 3.87. The van der Waals surface area contributed by atoms with Crippen LogP contribution in [-0.4, -0.2) is 33.5 Å². The van der Waals surface area contributed by atoms with Gasteiger partial charge in [-0.15, -0.1) is 0 Å². The Kier molecular flexibility index (Phi) is 4.95. The van der Waals surface area contributed by atoms with Gasteiger partial charge in [-0.25, -0.2) is 0 Å². The number of rotatable bonds is 6. The topological polar surface area (TPSA) is 65.7 Å². The van der Waals surface area contributed by atoms with Crippen LogP contribution < -0.4 is 20.5 Å². The number of nitrogen functional groups attached to an aromatic ring is 1. The largest absolute Gasteiger partial charge is 0.493 e. The van der Waals surface area contributed by atoms with Gasteiger partial charge < -0.3 is 25.3 Å². The lowest BCUT2D eigenvalue weighted by Crippen LogP contribution is -2.23. The number of nitrogens with one attached hydrogen (secondary N) is 1. The monoisotopic (exact) mass is 280 g/mol. The van der Waals surface area contributed by atoms with Crippen molar-refractivity contribution >= 4 is 11.4 Å². The van der Waals surface area contributed by atoms with E-state index in [1.165, 1.54) is 0 Å². The highest BCUT2D eigenvalue weighted by atomic mass is 16.5. The smallest absolute Gasteiger partial charge is 0.162 e. The third-order valence-corrected chi connectivity index (χ3v) is 3.86. The molecule has 0 amide bonds. The minimum Gasteiger partial charge on any atom is -0.493 e. The fourth-order valence-electron chi connectivity index (χ4n) is 2.67. The van der Waals surface area contributed by atoms with Crippen molar-refractivity contribution in [3.05, 3.63) is 12.1 Å². The first-order valence-corrected chi connectivity index (χ1v) is 7.06. The first kappa shape index (κ1) is 14.8. The summed E-state index contributed by atoms with van der Waals surface area (Å²) in [4.78, 5) is 0. The zero-order valence-corrected chi connectivity index (χ0v) is 12.4. The van der Waals surface area contributed by atoms with Crippen molar-refractivity contribution in [1.82, 2.24) is 0 Å². The quantitative estimate of drug-likeness (QED) is 0.784. The number of benzene rings is 1. The standard InChI is InChI=1S/C15H24N2O3/c1-4-13-10(5-6-20-13)9-17-12-8-15(19-3)14(18-2)7-11(12)16/h7-8,10,13,17H,4-6,9,16H2,1-3H3. The van der Waals surface area contributed by atoms with Crippen molar-refractivity contribution in [2.45, 2.75) is 25.9 Å². The maximum absolute atomic E-state index is 6.04. The number of nitrogens with two attached hydrogens (primary N) is 1. The molecule has 1 fully saturated rings. The third kappa shape index (κ3) is 3.10. The van der Waals surface area contributed by atoms with Gasteiger partial charge in [0.2, 0.25) is 0 Å². The molecule has 2 atom stereocenters.